The van der Waals surface area contributed by atoms with Gasteiger partial charge >= 0.3 is 0 Å². The van der Waals surface area contributed by atoms with Crippen LogP contribution in [0.2, 0.25) is 0 Å². The molecule has 1 amide bonds. The summed E-state index contributed by atoms with van der Waals surface area (Å²) in [6.45, 7) is 0.116. The van der Waals surface area contributed by atoms with Crippen LogP contribution in [0.4, 0.5) is 4.39 Å². The minimum atomic E-state index is -0.580. The smallest absolute Gasteiger partial charge is 0.257 e. The average molecular weight is 267 g/mol. The van der Waals surface area contributed by atoms with E-state index in [0.29, 0.717) is 0 Å². The van der Waals surface area contributed by atoms with Gasteiger partial charge in [0.25, 0.3) is 5.91 Å². The molecule has 0 bridgehead atoms. The van der Waals surface area contributed by atoms with E-state index in [1.807, 2.05) is 0 Å². The number of nitrogens with zero attached hydrogens (tertiary/aromatic N) is 1. The van der Waals surface area contributed by atoms with Crippen molar-refractivity contribution in [2.24, 2.45) is 0 Å². The summed E-state index contributed by atoms with van der Waals surface area (Å²) in [7, 11) is 0. The number of rotatable bonds is 4. The summed E-state index contributed by atoms with van der Waals surface area (Å²) in [5.74, 6) is -1.28. The number of benzene rings is 1. The summed E-state index contributed by atoms with van der Waals surface area (Å²) in [6, 6.07) is 3.47. The van der Waals surface area contributed by atoms with Gasteiger partial charge in [-0.1, -0.05) is 12.8 Å². The molecular weight excluding hydrogens is 249 g/mol. The van der Waals surface area contributed by atoms with Crippen molar-refractivity contribution in [3.8, 4) is 5.75 Å². The van der Waals surface area contributed by atoms with Crippen LogP contribution in [0.15, 0.2) is 18.2 Å². The van der Waals surface area contributed by atoms with Crippen LogP contribution in [-0.2, 0) is 0 Å². The first kappa shape index (κ1) is 13.8. The van der Waals surface area contributed by atoms with E-state index in [0.717, 1.165) is 37.8 Å². The van der Waals surface area contributed by atoms with Gasteiger partial charge in [0.05, 0.1) is 12.2 Å². The molecule has 4 nitrogen and oxygen atoms in total. The number of aliphatic hydroxyl groups is 1. The van der Waals surface area contributed by atoms with Gasteiger partial charge < -0.3 is 15.1 Å². The molecule has 2 N–H and O–H groups in total. The molecule has 0 radical (unpaired) electrons. The van der Waals surface area contributed by atoms with Crippen LogP contribution in [0.5, 0.6) is 5.75 Å². The number of hydrogen-bond donors (Lipinski definition) is 2. The maximum atomic E-state index is 12.9. The molecule has 1 saturated carbocycles. The first-order valence-electron chi connectivity index (χ1n) is 6.54. The fraction of sp³-hybridized carbons (Fsp3) is 0.500. The molecule has 0 atom stereocenters. The topological polar surface area (TPSA) is 60.8 Å². The van der Waals surface area contributed by atoms with Crippen molar-refractivity contribution in [2.45, 2.75) is 31.7 Å². The number of aromatic hydroxyl groups is 1. The molecule has 5 heteroatoms. The Morgan fingerprint density at radius 1 is 1.37 bits per heavy atom. The number of phenolic OH excluding ortho intramolecular Hbond substituents is 1. The zero-order valence-electron chi connectivity index (χ0n) is 10.7. The fourth-order valence-electron chi connectivity index (χ4n) is 2.61. The largest absolute Gasteiger partial charge is 0.507 e. The Hall–Kier alpha value is -1.62. The highest BCUT2D eigenvalue weighted by Crippen LogP contribution is 2.27. The molecule has 2 rings (SSSR count). The average Bonchev–Trinajstić information content (AvgIpc) is 2.89. The Bertz CT molecular complexity index is 458. The molecule has 0 saturated heterocycles. The van der Waals surface area contributed by atoms with Crippen molar-refractivity contribution in [3.63, 3.8) is 0 Å². The molecule has 0 unspecified atom stereocenters. The van der Waals surface area contributed by atoms with E-state index in [-0.39, 0.29) is 36.4 Å². The Balaban J connectivity index is 2.22. The van der Waals surface area contributed by atoms with Gasteiger partial charge in [0.15, 0.2) is 0 Å². The van der Waals surface area contributed by atoms with Gasteiger partial charge in [0.2, 0.25) is 0 Å². The molecule has 104 valence electrons. The summed E-state index contributed by atoms with van der Waals surface area (Å²) in [5.41, 5.74) is 0.0850. The van der Waals surface area contributed by atoms with Gasteiger partial charge in [-0.2, -0.15) is 0 Å². The number of carbonyl (C=O) groups excluding carboxylic acids is 1. The third-order valence-electron chi connectivity index (χ3n) is 3.56. The summed E-state index contributed by atoms with van der Waals surface area (Å²) >= 11 is 0. The van der Waals surface area contributed by atoms with Crippen LogP contribution < -0.4 is 0 Å². The van der Waals surface area contributed by atoms with Crippen LogP contribution in [0.1, 0.15) is 36.0 Å². The predicted molar refractivity (Wildman–Crippen MR) is 68.4 cm³/mol. The van der Waals surface area contributed by atoms with E-state index < -0.39 is 5.82 Å². The van der Waals surface area contributed by atoms with E-state index in [1.165, 1.54) is 6.07 Å². The minimum absolute atomic E-state index is 0.0850. The summed E-state index contributed by atoms with van der Waals surface area (Å²) < 4.78 is 12.9. The van der Waals surface area contributed by atoms with E-state index in [1.54, 1.807) is 4.90 Å². The third kappa shape index (κ3) is 3.04. The van der Waals surface area contributed by atoms with Crippen molar-refractivity contribution in [1.29, 1.82) is 0 Å². The highest BCUT2D eigenvalue weighted by atomic mass is 19.1. The quantitative estimate of drug-likeness (QED) is 0.876. The summed E-state index contributed by atoms with van der Waals surface area (Å²) in [5, 5.41) is 18.8. The van der Waals surface area contributed by atoms with Crippen LogP contribution in [0.3, 0.4) is 0 Å². The summed E-state index contributed by atoms with van der Waals surface area (Å²) in [6.07, 6.45) is 3.95. The molecule has 1 aliphatic rings. The fourth-order valence-corrected chi connectivity index (χ4v) is 2.61. The molecule has 19 heavy (non-hydrogen) atoms. The van der Waals surface area contributed by atoms with Crippen LogP contribution in [0.25, 0.3) is 0 Å². The Labute approximate surface area is 111 Å². The maximum absolute atomic E-state index is 12.9. The van der Waals surface area contributed by atoms with Gasteiger partial charge in [-0.3, -0.25) is 4.79 Å². The monoisotopic (exact) mass is 267 g/mol. The van der Waals surface area contributed by atoms with Gasteiger partial charge in [0.1, 0.15) is 11.6 Å². The predicted octanol–water partition coefficient (Wildman–Crippen LogP) is 1.91. The van der Waals surface area contributed by atoms with Crippen molar-refractivity contribution in [2.75, 3.05) is 13.2 Å². The second kappa shape index (κ2) is 6.02. The molecule has 0 spiro atoms. The number of hydrogen-bond acceptors (Lipinski definition) is 3. The van der Waals surface area contributed by atoms with Crippen molar-refractivity contribution >= 4 is 5.91 Å². The number of halogens is 1. The van der Waals surface area contributed by atoms with Crippen LogP contribution in [-0.4, -0.2) is 40.2 Å². The number of amides is 1. The number of phenols is 1. The normalized spacial score (nSPS) is 15.7. The second-order valence-corrected chi connectivity index (χ2v) is 4.82. The molecule has 0 aliphatic heterocycles. The van der Waals surface area contributed by atoms with E-state index in [4.69, 9.17) is 5.11 Å². The molecule has 1 fully saturated rings. The van der Waals surface area contributed by atoms with Gasteiger partial charge in [0, 0.05) is 18.7 Å². The Morgan fingerprint density at radius 2 is 2.05 bits per heavy atom. The first-order chi connectivity index (χ1) is 9.13. The Morgan fingerprint density at radius 3 is 2.63 bits per heavy atom. The molecule has 1 aromatic carbocycles. The number of carbonyl (C=O) groups is 1. The lowest BCUT2D eigenvalue weighted by Crippen LogP contribution is -2.40. The zero-order valence-corrected chi connectivity index (χ0v) is 10.7. The van der Waals surface area contributed by atoms with Crippen molar-refractivity contribution in [1.82, 2.24) is 4.90 Å². The van der Waals surface area contributed by atoms with Gasteiger partial charge in [-0.15, -0.1) is 0 Å². The van der Waals surface area contributed by atoms with E-state index in [9.17, 15) is 14.3 Å². The van der Waals surface area contributed by atoms with Crippen LogP contribution in [0, 0.1) is 5.82 Å². The molecule has 0 heterocycles. The standard InChI is InChI=1S/C14H18FNO3/c15-10-5-6-12(13(18)9-10)14(19)16(7-8-17)11-3-1-2-4-11/h5-6,9,11,17-18H,1-4,7-8H2. The van der Waals surface area contributed by atoms with E-state index >= 15 is 0 Å². The maximum Gasteiger partial charge on any atom is 0.257 e. The summed E-state index contributed by atoms with van der Waals surface area (Å²) in [4.78, 5) is 14.0. The van der Waals surface area contributed by atoms with Crippen molar-refractivity contribution < 1.29 is 19.4 Å². The highest BCUT2D eigenvalue weighted by Gasteiger charge is 2.28. The highest BCUT2D eigenvalue weighted by molar-refractivity contribution is 5.97. The Kier molecular flexibility index (Phi) is 4.37. The lowest BCUT2D eigenvalue weighted by Gasteiger charge is -2.28. The number of aliphatic hydroxyl groups excluding tert-OH is 1. The van der Waals surface area contributed by atoms with Gasteiger partial charge in [-0.05, 0) is 25.0 Å². The van der Waals surface area contributed by atoms with Crippen LogP contribution >= 0.6 is 0 Å². The lowest BCUT2D eigenvalue weighted by atomic mass is 10.1. The minimum Gasteiger partial charge on any atom is -0.507 e. The van der Waals surface area contributed by atoms with E-state index in [2.05, 4.69) is 0 Å². The van der Waals surface area contributed by atoms with Crippen molar-refractivity contribution in [3.05, 3.63) is 29.6 Å². The lowest BCUT2D eigenvalue weighted by molar-refractivity contribution is 0.0635. The first-order valence-corrected chi connectivity index (χ1v) is 6.54. The third-order valence-corrected chi connectivity index (χ3v) is 3.56. The zero-order chi connectivity index (χ0) is 13.8. The molecule has 1 aromatic rings. The SMILES string of the molecule is O=C(c1ccc(F)cc1O)N(CCO)C1CCCC1. The van der Waals surface area contributed by atoms with Gasteiger partial charge in [-0.25, -0.2) is 4.39 Å². The molecule has 0 aromatic heterocycles. The molecule has 1 aliphatic carbocycles. The molecular formula is C14H18FNO3. The second-order valence-electron chi connectivity index (χ2n) is 4.82.